The number of ether oxygens (including phenoxy) is 1. The highest BCUT2D eigenvalue weighted by molar-refractivity contribution is 5.89. The van der Waals surface area contributed by atoms with Crippen molar-refractivity contribution in [1.82, 2.24) is 14.8 Å². The van der Waals surface area contributed by atoms with E-state index in [4.69, 9.17) is 10.5 Å². The lowest BCUT2D eigenvalue weighted by Crippen LogP contribution is -2.20. The second-order valence-corrected chi connectivity index (χ2v) is 4.86. The number of fused-ring (bicyclic) bond motifs is 1. The first-order chi connectivity index (χ1) is 9.69. The number of nitrogens with two attached hydrogens (primary N) is 1. The van der Waals surface area contributed by atoms with Crippen LogP contribution in [0.2, 0.25) is 0 Å². The largest absolute Gasteiger partial charge is 0.465 e. The van der Waals surface area contributed by atoms with Crippen LogP contribution in [0.25, 0.3) is 0 Å². The van der Waals surface area contributed by atoms with E-state index in [1.54, 1.807) is 6.07 Å². The number of methoxy groups -OCH3 is 1. The number of anilines is 1. The molecule has 20 heavy (non-hydrogen) atoms. The minimum atomic E-state index is -0.332. The average Bonchev–Trinajstić information content (AvgIpc) is 2.86. The number of aryl methyl sites for hydroxylation is 1. The molecule has 1 unspecified atom stereocenters. The molecular formula is C14H16N4O2. The second-order valence-electron chi connectivity index (χ2n) is 4.86. The highest BCUT2D eigenvalue weighted by Crippen LogP contribution is 2.30. The van der Waals surface area contributed by atoms with E-state index < -0.39 is 0 Å². The van der Waals surface area contributed by atoms with E-state index in [-0.39, 0.29) is 12.0 Å². The van der Waals surface area contributed by atoms with Crippen LogP contribution in [0.5, 0.6) is 0 Å². The molecule has 0 radical (unpaired) electrons. The van der Waals surface area contributed by atoms with Crippen LogP contribution >= 0.6 is 0 Å². The van der Waals surface area contributed by atoms with Crippen LogP contribution in [0.15, 0.2) is 24.3 Å². The van der Waals surface area contributed by atoms with Crippen LogP contribution in [0.1, 0.15) is 40.6 Å². The summed E-state index contributed by atoms with van der Waals surface area (Å²) in [7, 11) is 1.38. The molecule has 1 aliphatic heterocycles. The van der Waals surface area contributed by atoms with Gasteiger partial charge < -0.3 is 10.5 Å². The van der Waals surface area contributed by atoms with E-state index in [2.05, 4.69) is 10.1 Å². The van der Waals surface area contributed by atoms with Crippen LogP contribution in [-0.4, -0.2) is 27.8 Å². The fraction of sp³-hybridized carbons (Fsp3) is 0.357. The third-order valence-electron chi connectivity index (χ3n) is 3.58. The van der Waals surface area contributed by atoms with Gasteiger partial charge in [0.1, 0.15) is 5.82 Å². The highest BCUT2D eigenvalue weighted by Gasteiger charge is 2.24. The predicted molar refractivity (Wildman–Crippen MR) is 73.3 cm³/mol. The van der Waals surface area contributed by atoms with Crippen molar-refractivity contribution in [1.29, 1.82) is 0 Å². The van der Waals surface area contributed by atoms with Crippen molar-refractivity contribution in [3.05, 3.63) is 41.2 Å². The fourth-order valence-corrected chi connectivity index (χ4v) is 2.67. The van der Waals surface area contributed by atoms with E-state index >= 15 is 0 Å². The number of hydrogen-bond acceptors (Lipinski definition) is 5. The Hall–Kier alpha value is -2.37. The van der Waals surface area contributed by atoms with Crippen LogP contribution in [0.3, 0.4) is 0 Å². The SMILES string of the molecule is COC(=O)c1cccc(C2CCCc3nc(N)nn32)c1. The van der Waals surface area contributed by atoms with E-state index in [1.165, 1.54) is 7.11 Å². The summed E-state index contributed by atoms with van der Waals surface area (Å²) in [6.45, 7) is 0. The number of carbonyl (C=O) groups is 1. The second kappa shape index (κ2) is 4.96. The zero-order valence-corrected chi connectivity index (χ0v) is 11.2. The van der Waals surface area contributed by atoms with Crippen LogP contribution < -0.4 is 5.73 Å². The third kappa shape index (κ3) is 2.13. The number of aromatic nitrogens is 3. The standard InChI is InChI=1S/C14H16N4O2/c1-20-13(19)10-5-2-4-9(8-10)11-6-3-7-12-16-14(15)17-18(11)12/h2,4-5,8,11H,3,6-7H2,1H3,(H2,15,17). The van der Waals surface area contributed by atoms with Gasteiger partial charge in [0.15, 0.2) is 0 Å². The van der Waals surface area contributed by atoms with Crippen LogP contribution in [-0.2, 0) is 11.2 Å². The molecule has 1 aromatic heterocycles. The van der Waals surface area contributed by atoms with Gasteiger partial charge in [-0.25, -0.2) is 9.48 Å². The Labute approximate surface area is 116 Å². The van der Waals surface area contributed by atoms with Crippen LogP contribution in [0, 0.1) is 0 Å². The molecule has 1 aliphatic rings. The first kappa shape index (κ1) is 12.7. The molecule has 0 bridgehead atoms. The van der Waals surface area contributed by atoms with Crippen molar-refractivity contribution in [2.75, 3.05) is 12.8 Å². The van der Waals surface area contributed by atoms with Crippen molar-refractivity contribution in [2.24, 2.45) is 0 Å². The first-order valence-electron chi connectivity index (χ1n) is 6.58. The molecule has 0 saturated heterocycles. The Morgan fingerprint density at radius 2 is 2.35 bits per heavy atom. The van der Waals surface area contributed by atoms with Crippen molar-refractivity contribution in [2.45, 2.75) is 25.3 Å². The normalized spacial score (nSPS) is 17.6. The molecule has 1 aromatic carbocycles. The van der Waals surface area contributed by atoms with Gasteiger partial charge in [0.05, 0.1) is 18.7 Å². The Balaban J connectivity index is 2.00. The maximum absolute atomic E-state index is 11.6. The van der Waals surface area contributed by atoms with E-state index in [0.29, 0.717) is 11.5 Å². The van der Waals surface area contributed by atoms with Crippen molar-refractivity contribution >= 4 is 11.9 Å². The number of carbonyl (C=O) groups excluding carboxylic acids is 1. The van der Waals surface area contributed by atoms with E-state index in [0.717, 1.165) is 30.7 Å². The molecule has 2 aromatic rings. The molecule has 6 nitrogen and oxygen atoms in total. The van der Waals surface area contributed by atoms with Gasteiger partial charge in [0, 0.05) is 6.42 Å². The molecule has 0 aliphatic carbocycles. The monoisotopic (exact) mass is 272 g/mol. The number of hydrogen-bond donors (Lipinski definition) is 1. The minimum Gasteiger partial charge on any atom is -0.465 e. The lowest BCUT2D eigenvalue weighted by atomic mass is 9.96. The number of benzene rings is 1. The topological polar surface area (TPSA) is 83.0 Å². The predicted octanol–water partition coefficient (Wildman–Crippen LogP) is 1.57. The molecule has 2 heterocycles. The van der Waals surface area contributed by atoms with E-state index in [9.17, 15) is 4.79 Å². The molecule has 0 fully saturated rings. The Kier molecular flexibility index (Phi) is 3.14. The lowest BCUT2D eigenvalue weighted by molar-refractivity contribution is 0.0600. The molecule has 0 spiro atoms. The van der Waals surface area contributed by atoms with Gasteiger partial charge in [0.25, 0.3) is 0 Å². The average molecular weight is 272 g/mol. The minimum absolute atomic E-state index is 0.0770. The van der Waals surface area contributed by atoms with Gasteiger partial charge in [-0.3, -0.25) is 0 Å². The highest BCUT2D eigenvalue weighted by atomic mass is 16.5. The van der Waals surface area contributed by atoms with Crippen molar-refractivity contribution < 1.29 is 9.53 Å². The summed E-state index contributed by atoms with van der Waals surface area (Å²) in [5.74, 6) is 0.874. The zero-order valence-electron chi connectivity index (χ0n) is 11.2. The number of nitrogens with zero attached hydrogens (tertiary/aromatic N) is 3. The molecule has 0 amide bonds. The summed E-state index contributed by atoms with van der Waals surface area (Å²) in [4.78, 5) is 15.9. The Morgan fingerprint density at radius 3 is 3.15 bits per heavy atom. The Bertz CT molecular complexity index is 650. The summed E-state index contributed by atoms with van der Waals surface area (Å²) in [5, 5.41) is 4.27. The number of esters is 1. The maximum atomic E-state index is 11.6. The van der Waals surface area contributed by atoms with Crippen molar-refractivity contribution in [3.8, 4) is 0 Å². The van der Waals surface area contributed by atoms with Gasteiger partial charge in [-0.15, -0.1) is 5.10 Å². The molecule has 0 saturated carbocycles. The first-order valence-corrected chi connectivity index (χ1v) is 6.58. The molecular weight excluding hydrogens is 256 g/mol. The molecule has 6 heteroatoms. The summed E-state index contributed by atoms with van der Waals surface area (Å²) in [6, 6.07) is 7.52. The molecule has 2 N–H and O–H groups in total. The molecule has 3 rings (SSSR count). The summed E-state index contributed by atoms with van der Waals surface area (Å²) >= 11 is 0. The summed E-state index contributed by atoms with van der Waals surface area (Å²) in [6.07, 6.45) is 2.88. The van der Waals surface area contributed by atoms with Gasteiger partial charge >= 0.3 is 5.97 Å². The molecule has 104 valence electrons. The molecule has 1 atom stereocenters. The van der Waals surface area contributed by atoms with Gasteiger partial charge in [0.2, 0.25) is 5.95 Å². The van der Waals surface area contributed by atoms with Crippen molar-refractivity contribution in [3.63, 3.8) is 0 Å². The van der Waals surface area contributed by atoms with E-state index in [1.807, 2.05) is 22.9 Å². The lowest BCUT2D eigenvalue weighted by Gasteiger charge is -2.24. The quantitative estimate of drug-likeness (QED) is 0.839. The number of rotatable bonds is 2. The smallest absolute Gasteiger partial charge is 0.337 e. The van der Waals surface area contributed by atoms with Crippen LogP contribution in [0.4, 0.5) is 5.95 Å². The van der Waals surface area contributed by atoms with Gasteiger partial charge in [-0.05, 0) is 30.5 Å². The number of nitrogen functional groups attached to an aromatic ring is 1. The van der Waals surface area contributed by atoms with Gasteiger partial charge in [-0.1, -0.05) is 12.1 Å². The fourth-order valence-electron chi connectivity index (χ4n) is 2.67. The third-order valence-corrected chi connectivity index (χ3v) is 3.58. The zero-order chi connectivity index (χ0) is 14.1. The van der Waals surface area contributed by atoms with Gasteiger partial charge in [-0.2, -0.15) is 4.98 Å². The summed E-state index contributed by atoms with van der Waals surface area (Å²) in [5.41, 5.74) is 7.25. The summed E-state index contributed by atoms with van der Waals surface area (Å²) < 4.78 is 6.63. The maximum Gasteiger partial charge on any atom is 0.337 e. The Morgan fingerprint density at radius 1 is 1.50 bits per heavy atom.